The molecule has 0 aliphatic rings. The third-order valence-corrected chi connectivity index (χ3v) is 4.36. The minimum absolute atomic E-state index is 0.0338. The number of aliphatic hydroxyl groups excluding tert-OH is 1. The quantitative estimate of drug-likeness (QED) is 0.316. The van der Waals surface area contributed by atoms with Gasteiger partial charge in [0.15, 0.2) is 0 Å². The van der Waals surface area contributed by atoms with E-state index in [9.17, 15) is 28.4 Å². The molecule has 1 atom stereocenters. The highest BCUT2D eigenvalue weighted by Gasteiger charge is 2.31. The van der Waals surface area contributed by atoms with Crippen LogP contribution in [0.2, 0.25) is 0 Å². The average Bonchev–Trinajstić information content (AvgIpc) is 2.76. The maximum Gasteiger partial charge on any atom is 0.573 e. The van der Waals surface area contributed by atoms with Crippen molar-refractivity contribution in [2.24, 2.45) is 0 Å². The molecule has 0 amide bonds. The van der Waals surface area contributed by atoms with Gasteiger partial charge in [0.1, 0.15) is 11.6 Å². The number of nitrogens with zero attached hydrogens (tertiary/aromatic N) is 3. The number of aliphatic hydroxyl groups is 1. The Morgan fingerprint density at radius 1 is 1.15 bits per heavy atom. The van der Waals surface area contributed by atoms with Gasteiger partial charge in [-0.1, -0.05) is 24.3 Å². The fraction of sp³-hybridized carbons (Fsp3) is 0.238. The molecule has 9 nitrogen and oxygen atoms in total. The molecule has 0 fully saturated rings. The molecular formula is C21H20F3N5O4. The van der Waals surface area contributed by atoms with Crippen LogP contribution in [0.4, 0.5) is 30.6 Å². The van der Waals surface area contributed by atoms with Crippen molar-refractivity contribution in [3.63, 3.8) is 0 Å². The standard InChI is InChI=1S/C21H20F3N5O4/c1-13(12-30)26-20-27-18(15-3-2-4-17(9-15)33-21(22,23)24)10-19(28-20)25-11-14-5-7-16(8-6-14)29(31)32/h2-10,13,30H,11-12H2,1H3,(H2,25,26,27,28)/t13-/m0/s1. The van der Waals surface area contributed by atoms with Crippen molar-refractivity contribution in [1.29, 1.82) is 0 Å². The Hall–Kier alpha value is -3.93. The lowest BCUT2D eigenvalue weighted by Crippen LogP contribution is -2.21. The number of hydrogen-bond acceptors (Lipinski definition) is 8. The molecular weight excluding hydrogens is 443 g/mol. The number of nitro benzene ring substituents is 1. The topological polar surface area (TPSA) is 122 Å². The van der Waals surface area contributed by atoms with E-state index < -0.39 is 17.0 Å². The molecule has 3 rings (SSSR count). The van der Waals surface area contributed by atoms with Gasteiger partial charge in [-0.3, -0.25) is 10.1 Å². The van der Waals surface area contributed by atoms with Gasteiger partial charge in [0, 0.05) is 36.3 Å². The molecule has 0 radical (unpaired) electrons. The maximum atomic E-state index is 12.6. The summed E-state index contributed by atoms with van der Waals surface area (Å²) in [5.74, 6) is 0.118. The first kappa shape index (κ1) is 23.7. The number of nitro groups is 1. The van der Waals surface area contributed by atoms with E-state index in [1.54, 1.807) is 31.2 Å². The second-order valence-corrected chi connectivity index (χ2v) is 7.04. The van der Waals surface area contributed by atoms with Crippen LogP contribution in [0.5, 0.6) is 5.75 Å². The number of benzene rings is 2. The number of non-ortho nitro benzene ring substituents is 1. The van der Waals surface area contributed by atoms with E-state index in [0.29, 0.717) is 17.1 Å². The first-order valence-electron chi connectivity index (χ1n) is 9.73. The summed E-state index contributed by atoms with van der Waals surface area (Å²) in [6, 6.07) is 12.5. The van der Waals surface area contributed by atoms with Gasteiger partial charge >= 0.3 is 6.36 Å². The lowest BCUT2D eigenvalue weighted by Gasteiger charge is -2.15. The predicted molar refractivity (Wildman–Crippen MR) is 115 cm³/mol. The molecule has 0 aliphatic carbocycles. The van der Waals surface area contributed by atoms with Crippen LogP contribution in [0.25, 0.3) is 11.3 Å². The molecule has 0 saturated carbocycles. The minimum atomic E-state index is -4.83. The Labute approximate surface area is 186 Å². The van der Waals surface area contributed by atoms with Crippen molar-refractivity contribution in [1.82, 2.24) is 9.97 Å². The molecule has 1 heterocycles. The van der Waals surface area contributed by atoms with Crippen LogP contribution in [-0.4, -0.2) is 39.0 Å². The molecule has 0 saturated heterocycles. The lowest BCUT2D eigenvalue weighted by atomic mass is 10.1. The van der Waals surface area contributed by atoms with Crippen LogP contribution in [0, 0.1) is 10.1 Å². The summed E-state index contributed by atoms with van der Waals surface area (Å²) >= 11 is 0. The van der Waals surface area contributed by atoms with Crippen LogP contribution in [0.15, 0.2) is 54.6 Å². The summed E-state index contributed by atoms with van der Waals surface area (Å²) in [7, 11) is 0. The van der Waals surface area contributed by atoms with Crippen molar-refractivity contribution in [3.05, 3.63) is 70.3 Å². The zero-order valence-electron chi connectivity index (χ0n) is 17.3. The molecule has 2 aromatic carbocycles. The van der Waals surface area contributed by atoms with Gasteiger partial charge in [-0.2, -0.15) is 4.98 Å². The monoisotopic (exact) mass is 463 g/mol. The van der Waals surface area contributed by atoms with Crippen LogP contribution in [0.1, 0.15) is 12.5 Å². The first-order valence-corrected chi connectivity index (χ1v) is 9.73. The van der Waals surface area contributed by atoms with E-state index in [-0.39, 0.29) is 30.8 Å². The van der Waals surface area contributed by atoms with E-state index >= 15 is 0 Å². The Morgan fingerprint density at radius 2 is 1.88 bits per heavy atom. The van der Waals surface area contributed by atoms with Crippen molar-refractivity contribution in [2.75, 3.05) is 17.2 Å². The van der Waals surface area contributed by atoms with Gasteiger partial charge in [0.2, 0.25) is 5.95 Å². The summed E-state index contributed by atoms with van der Waals surface area (Å²) < 4.78 is 41.7. The number of rotatable bonds is 9. The van der Waals surface area contributed by atoms with Gasteiger partial charge in [-0.25, -0.2) is 4.98 Å². The highest BCUT2D eigenvalue weighted by molar-refractivity contribution is 5.66. The van der Waals surface area contributed by atoms with E-state index in [2.05, 4.69) is 25.3 Å². The fourth-order valence-electron chi connectivity index (χ4n) is 2.80. The molecule has 0 spiro atoms. The first-order chi connectivity index (χ1) is 15.6. The molecule has 0 unspecified atom stereocenters. The second-order valence-electron chi connectivity index (χ2n) is 7.04. The van der Waals surface area contributed by atoms with Crippen molar-refractivity contribution in [2.45, 2.75) is 25.9 Å². The van der Waals surface area contributed by atoms with Gasteiger partial charge in [0.25, 0.3) is 5.69 Å². The van der Waals surface area contributed by atoms with Gasteiger partial charge < -0.3 is 20.5 Å². The second kappa shape index (κ2) is 10.1. The highest BCUT2D eigenvalue weighted by atomic mass is 19.4. The Kier molecular flexibility index (Phi) is 7.28. The third kappa shape index (κ3) is 7.04. The summed E-state index contributed by atoms with van der Waals surface area (Å²) in [6.07, 6.45) is -4.83. The maximum absolute atomic E-state index is 12.6. The van der Waals surface area contributed by atoms with Crippen molar-refractivity contribution in [3.8, 4) is 17.0 Å². The zero-order chi connectivity index (χ0) is 24.0. The van der Waals surface area contributed by atoms with Gasteiger partial charge in [-0.15, -0.1) is 13.2 Å². The highest BCUT2D eigenvalue weighted by Crippen LogP contribution is 2.29. The van der Waals surface area contributed by atoms with Crippen LogP contribution in [0.3, 0.4) is 0 Å². The molecule has 12 heteroatoms. The molecule has 3 aromatic rings. The third-order valence-electron chi connectivity index (χ3n) is 4.36. The number of alkyl halides is 3. The number of ether oxygens (including phenoxy) is 1. The number of nitrogens with one attached hydrogen (secondary N) is 2. The van der Waals surface area contributed by atoms with E-state index in [0.717, 1.165) is 5.56 Å². The van der Waals surface area contributed by atoms with Crippen LogP contribution < -0.4 is 15.4 Å². The lowest BCUT2D eigenvalue weighted by molar-refractivity contribution is -0.384. The van der Waals surface area contributed by atoms with Crippen LogP contribution >= 0.6 is 0 Å². The number of halogens is 3. The Bertz CT molecular complexity index is 1110. The minimum Gasteiger partial charge on any atom is -0.406 e. The zero-order valence-corrected chi connectivity index (χ0v) is 17.3. The Balaban J connectivity index is 1.87. The fourth-order valence-corrected chi connectivity index (χ4v) is 2.80. The van der Waals surface area contributed by atoms with Crippen molar-refractivity contribution >= 4 is 17.5 Å². The average molecular weight is 463 g/mol. The summed E-state index contributed by atoms with van der Waals surface area (Å²) in [6.45, 7) is 1.80. The van der Waals surface area contributed by atoms with E-state index in [1.807, 2.05) is 0 Å². The molecule has 0 bridgehead atoms. The molecule has 174 valence electrons. The molecule has 33 heavy (non-hydrogen) atoms. The largest absolute Gasteiger partial charge is 0.573 e. The Morgan fingerprint density at radius 3 is 2.52 bits per heavy atom. The molecule has 0 aliphatic heterocycles. The molecule has 3 N–H and O–H groups in total. The number of hydrogen-bond donors (Lipinski definition) is 3. The normalized spacial score (nSPS) is 12.2. The summed E-state index contributed by atoms with van der Waals surface area (Å²) in [5.41, 5.74) is 1.39. The summed E-state index contributed by atoms with van der Waals surface area (Å²) in [5, 5.41) is 26.1. The van der Waals surface area contributed by atoms with E-state index in [4.69, 9.17) is 0 Å². The SMILES string of the molecule is C[C@@H](CO)Nc1nc(NCc2ccc([N+](=O)[O-])cc2)cc(-c2cccc(OC(F)(F)F)c2)n1. The summed E-state index contributed by atoms with van der Waals surface area (Å²) in [4.78, 5) is 19.0. The predicted octanol–water partition coefficient (Wildman–Crippen LogP) is 4.36. The number of aromatic nitrogens is 2. The molecule has 1 aromatic heterocycles. The van der Waals surface area contributed by atoms with Gasteiger partial charge in [-0.05, 0) is 24.6 Å². The van der Waals surface area contributed by atoms with Crippen molar-refractivity contribution < 1.29 is 27.9 Å². The van der Waals surface area contributed by atoms with Gasteiger partial charge in [0.05, 0.1) is 17.2 Å². The van der Waals surface area contributed by atoms with Crippen LogP contribution in [-0.2, 0) is 6.54 Å². The number of anilines is 2. The smallest absolute Gasteiger partial charge is 0.406 e. The van der Waals surface area contributed by atoms with E-state index in [1.165, 1.54) is 30.3 Å².